The lowest BCUT2D eigenvalue weighted by molar-refractivity contribution is 0.129. The van der Waals surface area contributed by atoms with Crippen LogP contribution in [0.5, 0.6) is 0 Å². The Morgan fingerprint density at radius 2 is 2.09 bits per heavy atom. The highest BCUT2D eigenvalue weighted by atomic mass is 35.5. The zero-order valence-electron chi connectivity index (χ0n) is 13.3. The molecule has 1 aliphatic rings. The first-order valence-corrected chi connectivity index (χ1v) is 8.20. The van der Waals surface area contributed by atoms with Crippen LogP contribution in [0, 0.1) is 5.92 Å². The summed E-state index contributed by atoms with van der Waals surface area (Å²) in [6.07, 6.45) is 1.95. The number of nitrogens with zero attached hydrogens (tertiary/aromatic N) is 1. The molecule has 0 saturated carbocycles. The molecule has 0 aliphatic carbocycles. The zero-order chi connectivity index (χ0) is 16.2. The van der Waals surface area contributed by atoms with Crippen molar-refractivity contribution in [2.75, 3.05) is 26.2 Å². The number of carbonyl (C=O) groups is 1. The maximum Gasteiger partial charge on any atom is 0.317 e. The first-order chi connectivity index (χ1) is 10.4. The first-order valence-electron chi connectivity index (χ1n) is 7.82. The predicted octanol–water partition coefficient (Wildman–Crippen LogP) is 3.03. The minimum absolute atomic E-state index is 0.0415. The van der Waals surface area contributed by atoms with Crippen LogP contribution in [0.15, 0.2) is 24.3 Å². The van der Waals surface area contributed by atoms with Crippen LogP contribution >= 0.6 is 11.6 Å². The smallest absolute Gasteiger partial charge is 0.317 e. The van der Waals surface area contributed by atoms with Crippen molar-refractivity contribution < 1.29 is 9.90 Å². The molecule has 1 saturated heterocycles. The highest BCUT2D eigenvalue weighted by molar-refractivity contribution is 6.30. The van der Waals surface area contributed by atoms with Gasteiger partial charge in [0.1, 0.15) is 0 Å². The van der Waals surface area contributed by atoms with Crippen molar-refractivity contribution in [1.82, 2.24) is 10.2 Å². The maximum atomic E-state index is 12.3. The highest BCUT2D eigenvalue weighted by Crippen LogP contribution is 2.24. The predicted molar refractivity (Wildman–Crippen MR) is 89.3 cm³/mol. The van der Waals surface area contributed by atoms with Crippen LogP contribution in [0.1, 0.15) is 32.3 Å². The molecule has 0 spiro atoms. The average molecular weight is 325 g/mol. The Hall–Kier alpha value is -1.26. The van der Waals surface area contributed by atoms with Crippen LogP contribution in [0.25, 0.3) is 0 Å². The zero-order valence-corrected chi connectivity index (χ0v) is 14.1. The summed E-state index contributed by atoms with van der Waals surface area (Å²) in [6, 6.07) is 7.70. The number of aliphatic hydroxyl groups is 1. The van der Waals surface area contributed by atoms with Gasteiger partial charge in [0.25, 0.3) is 0 Å². The maximum absolute atomic E-state index is 12.3. The van der Waals surface area contributed by atoms with E-state index < -0.39 is 0 Å². The van der Waals surface area contributed by atoms with Gasteiger partial charge in [-0.3, -0.25) is 0 Å². The van der Waals surface area contributed by atoms with Crippen LogP contribution in [-0.4, -0.2) is 42.3 Å². The van der Waals surface area contributed by atoms with Gasteiger partial charge in [0.05, 0.1) is 0 Å². The van der Waals surface area contributed by atoms with Crippen LogP contribution in [0.2, 0.25) is 5.02 Å². The first kappa shape index (κ1) is 17.1. The lowest BCUT2D eigenvalue weighted by atomic mass is 9.84. The van der Waals surface area contributed by atoms with E-state index >= 15 is 0 Å². The molecule has 1 aromatic carbocycles. The lowest BCUT2D eigenvalue weighted by Gasteiger charge is -2.33. The summed E-state index contributed by atoms with van der Waals surface area (Å²) >= 11 is 5.92. The van der Waals surface area contributed by atoms with Gasteiger partial charge in [-0.05, 0) is 36.5 Å². The third-order valence-corrected chi connectivity index (χ3v) is 4.62. The molecule has 1 heterocycles. The molecule has 1 aromatic rings. The van der Waals surface area contributed by atoms with E-state index in [2.05, 4.69) is 19.2 Å². The van der Waals surface area contributed by atoms with Crippen molar-refractivity contribution in [3.63, 3.8) is 0 Å². The number of piperidine rings is 1. The molecule has 122 valence electrons. The molecule has 2 rings (SSSR count). The number of hydrogen-bond donors (Lipinski definition) is 2. The highest BCUT2D eigenvalue weighted by Gasteiger charge is 2.26. The van der Waals surface area contributed by atoms with E-state index in [0.717, 1.165) is 24.9 Å². The molecular formula is C17H25ClN2O2. The Kier molecular flexibility index (Phi) is 5.70. The van der Waals surface area contributed by atoms with Gasteiger partial charge < -0.3 is 15.3 Å². The molecule has 2 amide bonds. The minimum Gasteiger partial charge on any atom is -0.396 e. The van der Waals surface area contributed by atoms with Crippen LogP contribution < -0.4 is 5.32 Å². The normalized spacial score (nSPS) is 19.1. The van der Waals surface area contributed by atoms with Gasteiger partial charge in [-0.2, -0.15) is 0 Å². The number of likely N-dealkylation sites (tertiary alicyclic amines) is 1. The van der Waals surface area contributed by atoms with Gasteiger partial charge in [-0.1, -0.05) is 37.6 Å². The molecule has 1 fully saturated rings. The van der Waals surface area contributed by atoms with Crippen molar-refractivity contribution in [3.05, 3.63) is 34.9 Å². The van der Waals surface area contributed by atoms with Crippen LogP contribution in [0.4, 0.5) is 4.79 Å². The van der Waals surface area contributed by atoms with E-state index in [0.29, 0.717) is 18.1 Å². The average Bonchev–Trinajstić information content (AvgIpc) is 2.53. The summed E-state index contributed by atoms with van der Waals surface area (Å²) in [5.41, 5.74) is 0.982. The van der Waals surface area contributed by atoms with Crippen molar-refractivity contribution in [3.8, 4) is 0 Å². The third kappa shape index (κ3) is 4.37. The van der Waals surface area contributed by atoms with Gasteiger partial charge in [0.2, 0.25) is 0 Å². The number of nitrogens with one attached hydrogen (secondary N) is 1. The molecule has 0 bridgehead atoms. The lowest BCUT2D eigenvalue weighted by Crippen LogP contribution is -2.48. The van der Waals surface area contributed by atoms with E-state index in [1.165, 1.54) is 0 Å². The summed E-state index contributed by atoms with van der Waals surface area (Å²) in [5, 5.41) is 13.0. The summed E-state index contributed by atoms with van der Waals surface area (Å²) in [4.78, 5) is 14.1. The molecule has 0 aromatic heterocycles. The number of carbonyl (C=O) groups excluding carboxylic acids is 1. The Morgan fingerprint density at radius 3 is 2.73 bits per heavy atom. The number of hydrogen-bond acceptors (Lipinski definition) is 2. The Balaban J connectivity index is 1.90. The van der Waals surface area contributed by atoms with E-state index in [-0.39, 0.29) is 24.0 Å². The van der Waals surface area contributed by atoms with Crippen molar-refractivity contribution >= 4 is 17.6 Å². The van der Waals surface area contributed by atoms with E-state index in [4.69, 9.17) is 11.6 Å². The van der Waals surface area contributed by atoms with Crippen molar-refractivity contribution in [1.29, 1.82) is 0 Å². The molecule has 1 aliphatic heterocycles. The monoisotopic (exact) mass is 324 g/mol. The Labute approximate surface area is 137 Å². The summed E-state index contributed by atoms with van der Waals surface area (Å²) < 4.78 is 0. The molecule has 5 heteroatoms. The van der Waals surface area contributed by atoms with Crippen molar-refractivity contribution in [2.24, 2.45) is 5.92 Å². The van der Waals surface area contributed by atoms with E-state index in [1.807, 2.05) is 29.2 Å². The van der Waals surface area contributed by atoms with Gasteiger partial charge >= 0.3 is 6.03 Å². The summed E-state index contributed by atoms with van der Waals surface area (Å²) in [7, 11) is 0. The quantitative estimate of drug-likeness (QED) is 0.894. The number of amides is 2. The largest absolute Gasteiger partial charge is 0.396 e. The topological polar surface area (TPSA) is 52.6 Å². The fourth-order valence-electron chi connectivity index (χ4n) is 2.81. The van der Waals surface area contributed by atoms with E-state index in [9.17, 15) is 9.90 Å². The Morgan fingerprint density at radius 1 is 1.41 bits per heavy atom. The fourth-order valence-corrected chi connectivity index (χ4v) is 2.94. The second-order valence-corrected chi connectivity index (χ2v) is 7.12. The second kappa shape index (κ2) is 7.34. The Bertz CT molecular complexity index is 502. The molecule has 1 unspecified atom stereocenters. The minimum atomic E-state index is -0.160. The molecule has 22 heavy (non-hydrogen) atoms. The van der Waals surface area contributed by atoms with Gasteiger partial charge in [-0.25, -0.2) is 4.79 Å². The molecule has 1 atom stereocenters. The SMILES string of the molecule is CC(C)(CNC(=O)N1CCCC(CO)C1)c1ccc(Cl)cc1. The molecule has 0 radical (unpaired) electrons. The fraction of sp³-hybridized carbons (Fsp3) is 0.588. The number of benzene rings is 1. The molecular weight excluding hydrogens is 300 g/mol. The van der Waals surface area contributed by atoms with Gasteiger partial charge in [-0.15, -0.1) is 0 Å². The molecule has 2 N–H and O–H groups in total. The van der Waals surface area contributed by atoms with Crippen LogP contribution in [-0.2, 0) is 5.41 Å². The summed E-state index contributed by atoms with van der Waals surface area (Å²) in [6.45, 7) is 6.33. The van der Waals surface area contributed by atoms with Gasteiger partial charge in [0.15, 0.2) is 0 Å². The number of rotatable bonds is 4. The van der Waals surface area contributed by atoms with Crippen LogP contribution in [0.3, 0.4) is 0 Å². The van der Waals surface area contributed by atoms with Gasteiger partial charge in [0, 0.05) is 36.7 Å². The summed E-state index contributed by atoms with van der Waals surface area (Å²) in [5.74, 6) is 0.212. The number of halogens is 1. The van der Waals surface area contributed by atoms with E-state index in [1.54, 1.807) is 0 Å². The van der Waals surface area contributed by atoms with Crippen molar-refractivity contribution in [2.45, 2.75) is 32.1 Å². The third-order valence-electron chi connectivity index (χ3n) is 4.37. The molecule has 4 nitrogen and oxygen atoms in total. The standard InChI is InChI=1S/C17H25ClN2O2/c1-17(2,14-5-7-15(18)8-6-14)12-19-16(22)20-9-3-4-13(10-20)11-21/h5-8,13,21H,3-4,9-12H2,1-2H3,(H,19,22). The number of urea groups is 1. The number of aliphatic hydroxyl groups excluding tert-OH is 1. The second-order valence-electron chi connectivity index (χ2n) is 6.69.